The van der Waals surface area contributed by atoms with Gasteiger partial charge in [0.15, 0.2) is 0 Å². The fourth-order valence-electron chi connectivity index (χ4n) is 2.84. The third-order valence-electron chi connectivity index (χ3n) is 4.11. The van der Waals surface area contributed by atoms with Gasteiger partial charge in [-0.25, -0.2) is 0 Å². The van der Waals surface area contributed by atoms with E-state index in [2.05, 4.69) is 15.3 Å². The summed E-state index contributed by atoms with van der Waals surface area (Å²) < 4.78 is 12.2. The predicted molar refractivity (Wildman–Crippen MR) is 108 cm³/mol. The minimum absolute atomic E-state index is 0.0429. The van der Waals surface area contributed by atoms with E-state index in [0.717, 1.165) is 16.5 Å². The largest absolute Gasteiger partial charge is 0.497 e. The number of amides is 1. The van der Waals surface area contributed by atoms with Crippen molar-refractivity contribution in [1.29, 1.82) is 0 Å². The number of anilines is 1. The number of aromatic nitrogens is 1. The highest BCUT2D eigenvalue weighted by molar-refractivity contribution is 6.07. The molecule has 8 nitrogen and oxygen atoms in total. The Hall–Kier alpha value is -3.74. The molecule has 0 aliphatic rings. The molecule has 0 aliphatic carbocycles. The first-order chi connectivity index (χ1) is 13.7. The van der Waals surface area contributed by atoms with Crippen LogP contribution in [0, 0.1) is 0 Å². The number of ether oxygens (including phenoxy) is 2. The molecule has 1 aromatic heterocycles. The van der Waals surface area contributed by atoms with E-state index in [1.54, 1.807) is 44.6 Å². The number of para-hydroxylation sites is 1. The molecule has 3 aromatic rings. The van der Waals surface area contributed by atoms with Crippen LogP contribution in [0.15, 0.2) is 65.5 Å². The summed E-state index contributed by atoms with van der Waals surface area (Å²) in [5.41, 5.74) is 11.1. The van der Waals surface area contributed by atoms with E-state index in [1.165, 1.54) is 0 Å². The molecule has 0 aliphatic heterocycles. The van der Waals surface area contributed by atoms with Gasteiger partial charge in [0.05, 0.1) is 12.6 Å². The first-order valence-corrected chi connectivity index (χ1v) is 8.45. The Morgan fingerprint density at radius 1 is 1.21 bits per heavy atom. The lowest BCUT2D eigenvalue weighted by molar-refractivity contribution is -0.112. The second kappa shape index (κ2) is 8.77. The molecule has 1 N–H and O–H groups in total. The molecular formula is C20H19N5O3. The predicted octanol–water partition coefficient (Wildman–Crippen LogP) is 4.54. The van der Waals surface area contributed by atoms with Crippen LogP contribution in [0.2, 0.25) is 0 Å². The van der Waals surface area contributed by atoms with Crippen molar-refractivity contribution in [3.8, 4) is 5.75 Å². The average Bonchev–Trinajstić information content (AvgIpc) is 3.06. The van der Waals surface area contributed by atoms with Gasteiger partial charge < -0.3 is 19.4 Å². The van der Waals surface area contributed by atoms with Crippen molar-refractivity contribution in [2.75, 3.05) is 19.5 Å². The fourth-order valence-corrected chi connectivity index (χ4v) is 2.84. The highest BCUT2D eigenvalue weighted by Crippen LogP contribution is 2.24. The van der Waals surface area contributed by atoms with Gasteiger partial charge in [0, 0.05) is 34.9 Å². The summed E-state index contributed by atoms with van der Waals surface area (Å²) in [4.78, 5) is 15.4. The number of benzene rings is 2. The molecule has 0 atom stereocenters. The molecule has 0 fully saturated rings. The maximum absolute atomic E-state index is 12.6. The lowest BCUT2D eigenvalue weighted by Crippen LogP contribution is -2.12. The Morgan fingerprint density at radius 3 is 2.64 bits per heavy atom. The van der Waals surface area contributed by atoms with Gasteiger partial charge in [0.25, 0.3) is 5.91 Å². The molecule has 1 amide bonds. The van der Waals surface area contributed by atoms with Crippen LogP contribution in [-0.2, 0) is 16.3 Å². The topological polar surface area (TPSA) is 101 Å². The van der Waals surface area contributed by atoms with E-state index >= 15 is 0 Å². The van der Waals surface area contributed by atoms with E-state index in [-0.39, 0.29) is 5.70 Å². The number of hydrogen-bond acceptors (Lipinski definition) is 4. The molecular weight excluding hydrogens is 358 g/mol. The minimum Gasteiger partial charge on any atom is -0.497 e. The first-order valence-electron chi connectivity index (χ1n) is 8.45. The Balaban J connectivity index is 1.95. The van der Waals surface area contributed by atoms with Crippen LogP contribution < -0.4 is 10.1 Å². The molecule has 0 unspecified atom stereocenters. The molecule has 3 rings (SSSR count). The third-order valence-corrected chi connectivity index (χ3v) is 4.11. The van der Waals surface area contributed by atoms with Crippen molar-refractivity contribution < 1.29 is 14.3 Å². The zero-order valence-corrected chi connectivity index (χ0v) is 15.5. The van der Waals surface area contributed by atoms with Gasteiger partial charge in [-0.3, -0.25) is 4.79 Å². The smallest absolute Gasteiger partial charge is 0.258 e. The van der Waals surface area contributed by atoms with Gasteiger partial charge in [0.2, 0.25) is 0 Å². The van der Waals surface area contributed by atoms with Crippen LogP contribution in [0.1, 0.15) is 5.56 Å². The number of methoxy groups -OCH3 is 2. The van der Waals surface area contributed by atoms with Gasteiger partial charge >= 0.3 is 0 Å². The van der Waals surface area contributed by atoms with E-state index in [1.807, 2.05) is 35.0 Å². The number of carbonyl (C=O) groups is 1. The number of fused-ring (bicyclic) bond motifs is 1. The number of hydrogen-bond donors (Lipinski definition) is 1. The monoisotopic (exact) mass is 377 g/mol. The van der Waals surface area contributed by atoms with E-state index in [9.17, 15) is 4.79 Å². The van der Waals surface area contributed by atoms with Crippen molar-refractivity contribution in [3.05, 3.63) is 76.4 Å². The summed E-state index contributed by atoms with van der Waals surface area (Å²) in [6.45, 7) is 0.364. The Morgan fingerprint density at radius 2 is 1.96 bits per heavy atom. The van der Waals surface area contributed by atoms with Gasteiger partial charge in [-0.1, -0.05) is 23.3 Å². The quantitative estimate of drug-likeness (QED) is 0.283. The maximum Gasteiger partial charge on any atom is 0.258 e. The summed E-state index contributed by atoms with van der Waals surface area (Å²) in [6, 6.07) is 14.6. The summed E-state index contributed by atoms with van der Waals surface area (Å²) in [7, 11) is 3.17. The fraction of sp³-hybridized carbons (Fsp3) is 0.150. The second-order valence-corrected chi connectivity index (χ2v) is 5.89. The number of nitrogens with one attached hydrogen (secondary N) is 1. The lowest BCUT2D eigenvalue weighted by Gasteiger charge is -2.06. The van der Waals surface area contributed by atoms with Crippen molar-refractivity contribution in [2.24, 2.45) is 5.11 Å². The number of nitrogens with zero attached hydrogens (tertiary/aromatic N) is 4. The van der Waals surface area contributed by atoms with Gasteiger partial charge in [-0.05, 0) is 41.9 Å². The van der Waals surface area contributed by atoms with Crippen LogP contribution in [0.5, 0.6) is 5.75 Å². The molecule has 1 heterocycles. The minimum atomic E-state index is -0.508. The normalized spacial score (nSPS) is 11.1. The lowest BCUT2D eigenvalue weighted by atomic mass is 10.1. The zero-order valence-electron chi connectivity index (χ0n) is 15.5. The van der Waals surface area contributed by atoms with Crippen LogP contribution in [-0.4, -0.2) is 24.7 Å². The summed E-state index contributed by atoms with van der Waals surface area (Å²) in [5, 5.41) is 7.21. The summed E-state index contributed by atoms with van der Waals surface area (Å²) in [5.74, 6) is 0.168. The molecule has 28 heavy (non-hydrogen) atoms. The number of rotatable bonds is 7. The molecule has 2 aromatic carbocycles. The van der Waals surface area contributed by atoms with Crippen LogP contribution in [0.4, 0.5) is 5.69 Å². The Bertz CT molecular complexity index is 1060. The third kappa shape index (κ3) is 4.15. The van der Waals surface area contributed by atoms with E-state index < -0.39 is 5.91 Å². The Labute approximate surface area is 161 Å². The van der Waals surface area contributed by atoms with Crippen molar-refractivity contribution in [2.45, 2.75) is 6.73 Å². The van der Waals surface area contributed by atoms with Crippen molar-refractivity contribution in [1.82, 2.24) is 4.57 Å². The first kappa shape index (κ1) is 19.0. The van der Waals surface area contributed by atoms with Gasteiger partial charge in [-0.15, -0.1) is 0 Å². The molecule has 0 saturated heterocycles. The van der Waals surface area contributed by atoms with Crippen molar-refractivity contribution in [3.63, 3.8) is 0 Å². The zero-order chi connectivity index (χ0) is 19.9. The molecule has 0 saturated carbocycles. The van der Waals surface area contributed by atoms with Crippen LogP contribution >= 0.6 is 0 Å². The molecule has 0 spiro atoms. The highest BCUT2D eigenvalue weighted by Gasteiger charge is 2.12. The van der Waals surface area contributed by atoms with Crippen molar-refractivity contribution >= 4 is 28.6 Å². The van der Waals surface area contributed by atoms with E-state index in [4.69, 9.17) is 15.0 Å². The number of carbonyl (C=O) groups excluding carboxylic acids is 1. The second-order valence-electron chi connectivity index (χ2n) is 5.89. The van der Waals surface area contributed by atoms with Gasteiger partial charge in [-0.2, -0.15) is 0 Å². The molecule has 8 heteroatoms. The highest BCUT2D eigenvalue weighted by atomic mass is 16.5. The molecule has 0 radical (unpaired) electrons. The van der Waals surface area contributed by atoms with Gasteiger partial charge in [0.1, 0.15) is 18.2 Å². The molecule has 0 bridgehead atoms. The summed E-state index contributed by atoms with van der Waals surface area (Å²) in [6.07, 6.45) is 3.41. The van der Waals surface area contributed by atoms with E-state index in [0.29, 0.717) is 18.2 Å². The Kier molecular flexibility index (Phi) is 5.96. The van der Waals surface area contributed by atoms with Crippen LogP contribution in [0.25, 0.3) is 27.4 Å². The average molecular weight is 377 g/mol. The summed E-state index contributed by atoms with van der Waals surface area (Å²) >= 11 is 0. The SMILES string of the molecule is COCn1cc(/C=C(\N=[N+]=[N-])C(=O)Nc2ccc(OC)cc2)c2ccccc21. The molecule has 142 valence electrons. The maximum atomic E-state index is 12.6. The number of azide groups is 1. The standard InChI is InChI=1S/C20H19N5O3/c1-27-13-25-12-14(17-5-3-4-6-19(17)25)11-18(23-24-21)20(26)22-15-7-9-16(28-2)10-8-15/h3-12H,13H2,1-2H3,(H,22,26)/b18-11-. The van der Waals surface area contributed by atoms with Crippen LogP contribution in [0.3, 0.4) is 0 Å².